The number of aromatic nitrogens is 2. The first-order valence-corrected chi connectivity index (χ1v) is 10.6. The molecule has 2 aromatic rings. The number of unbranched alkanes of at least 4 members (excludes halogenated alkanes) is 1. The van der Waals surface area contributed by atoms with Crippen LogP contribution in [0.1, 0.15) is 31.7 Å². The summed E-state index contributed by atoms with van der Waals surface area (Å²) in [5.41, 5.74) is 5.90. The molecule has 1 aromatic carbocycles. The van der Waals surface area contributed by atoms with E-state index in [1.807, 2.05) is 13.0 Å². The van der Waals surface area contributed by atoms with Gasteiger partial charge in [-0.05, 0) is 24.6 Å². The van der Waals surface area contributed by atoms with Crippen molar-refractivity contribution in [3.8, 4) is 6.07 Å². The van der Waals surface area contributed by atoms with Gasteiger partial charge in [0.05, 0.1) is 17.2 Å². The molecule has 0 radical (unpaired) electrons. The van der Waals surface area contributed by atoms with Crippen molar-refractivity contribution in [3.63, 3.8) is 0 Å². The van der Waals surface area contributed by atoms with Crippen LogP contribution in [0.3, 0.4) is 0 Å². The molecular weight excluding hydrogens is 436 g/mol. The molecule has 4 N–H and O–H groups in total. The number of hydrogen-bond donors (Lipinski definition) is 3. The van der Waals surface area contributed by atoms with E-state index in [-0.39, 0.29) is 35.4 Å². The van der Waals surface area contributed by atoms with Crippen LogP contribution >= 0.6 is 11.6 Å². The van der Waals surface area contributed by atoms with Gasteiger partial charge in [-0.15, -0.1) is 0 Å². The summed E-state index contributed by atoms with van der Waals surface area (Å²) < 4.78 is 6.46. The highest BCUT2D eigenvalue weighted by atomic mass is 35.5. The molecular formula is C21H27ClN6O4. The average molecular weight is 463 g/mol. The van der Waals surface area contributed by atoms with E-state index in [0.29, 0.717) is 30.9 Å². The second kappa shape index (κ2) is 11.9. The van der Waals surface area contributed by atoms with Crippen molar-refractivity contribution >= 4 is 34.7 Å². The maximum absolute atomic E-state index is 12.6. The molecule has 1 aromatic heterocycles. The van der Waals surface area contributed by atoms with Gasteiger partial charge < -0.3 is 20.7 Å². The first-order chi connectivity index (χ1) is 15.3. The lowest BCUT2D eigenvalue weighted by Gasteiger charge is -2.25. The monoisotopic (exact) mass is 462 g/mol. The molecule has 1 amide bonds. The Morgan fingerprint density at radius 3 is 2.75 bits per heavy atom. The summed E-state index contributed by atoms with van der Waals surface area (Å²) in [6.45, 7) is 3.12. The normalized spacial score (nSPS) is 10.6. The predicted molar refractivity (Wildman–Crippen MR) is 124 cm³/mol. The van der Waals surface area contributed by atoms with Gasteiger partial charge in [0, 0.05) is 38.9 Å². The highest BCUT2D eigenvalue weighted by Crippen LogP contribution is 2.21. The highest BCUT2D eigenvalue weighted by molar-refractivity contribution is 6.32. The number of aromatic amines is 1. The molecule has 11 heteroatoms. The number of benzene rings is 1. The predicted octanol–water partition coefficient (Wildman–Crippen LogP) is 1.93. The summed E-state index contributed by atoms with van der Waals surface area (Å²) >= 11 is 6.00. The van der Waals surface area contributed by atoms with Gasteiger partial charge in [0.1, 0.15) is 17.6 Å². The third-order valence-electron chi connectivity index (χ3n) is 4.81. The van der Waals surface area contributed by atoms with Crippen LogP contribution in [0.5, 0.6) is 0 Å². The van der Waals surface area contributed by atoms with E-state index < -0.39 is 11.2 Å². The van der Waals surface area contributed by atoms with Gasteiger partial charge >= 0.3 is 5.69 Å². The van der Waals surface area contributed by atoms with E-state index in [1.54, 1.807) is 11.0 Å². The number of nitrogens with two attached hydrogens (primary N) is 1. The largest absolute Gasteiger partial charge is 0.383 e. The van der Waals surface area contributed by atoms with Crippen LogP contribution < -0.4 is 27.2 Å². The highest BCUT2D eigenvalue weighted by Gasteiger charge is 2.19. The molecule has 10 nitrogen and oxygen atoms in total. The molecule has 0 atom stereocenters. The van der Waals surface area contributed by atoms with Crippen molar-refractivity contribution in [2.45, 2.75) is 32.7 Å². The summed E-state index contributed by atoms with van der Waals surface area (Å²) in [4.78, 5) is 41.1. The zero-order chi connectivity index (χ0) is 23.7. The van der Waals surface area contributed by atoms with Crippen molar-refractivity contribution in [2.24, 2.45) is 0 Å². The van der Waals surface area contributed by atoms with E-state index in [9.17, 15) is 14.4 Å². The number of carbonyl (C=O) groups is 1. The maximum atomic E-state index is 12.6. The zero-order valence-corrected chi connectivity index (χ0v) is 18.9. The third kappa shape index (κ3) is 6.35. The van der Waals surface area contributed by atoms with Crippen molar-refractivity contribution < 1.29 is 9.53 Å². The van der Waals surface area contributed by atoms with Crippen molar-refractivity contribution in [1.82, 2.24) is 9.55 Å². The first kappa shape index (κ1) is 25.0. The molecule has 0 saturated carbocycles. The van der Waals surface area contributed by atoms with E-state index in [4.69, 9.17) is 27.3 Å². The maximum Gasteiger partial charge on any atom is 0.330 e. The van der Waals surface area contributed by atoms with Crippen LogP contribution in [0.25, 0.3) is 0 Å². The summed E-state index contributed by atoms with van der Waals surface area (Å²) in [6, 6.07) is 6.54. The van der Waals surface area contributed by atoms with E-state index in [2.05, 4.69) is 10.3 Å². The second-order valence-corrected chi connectivity index (χ2v) is 7.49. The standard InChI is InChI=1S/C21H27ClN6O4/c1-3-4-8-28-19(24)18(20(30)26-21(28)31)27(10-11-32-2)9-7-17(29)25-15-6-5-14(13-23)16(22)12-15/h5-6,12H,3-4,7-11,24H2,1-2H3,(H,25,29)(H,26,30,31). The number of amides is 1. The number of nitrogens with one attached hydrogen (secondary N) is 2. The van der Waals surface area contributed by atoms with Crippen LogP contribution in [0.4, 0.5) is 17.2 Å². The average Bonchev–Trinajstić information content (AvgIpc) is 2.75. The smallest absolute Gasteiger partial charge is 0.330 e. The third-order valence-corrected chi connectivity index (χ3v) is 5.13. The van der Waals surface area contributed by atoms with Gasteiger partial charge in [-0.1, -0.05) is 24.9 Å². The number of H-pyrrole nitrogens is 1. The topological polar surface area (TPSA) is 146 Å². The number of nitriles is 1. The van der Waals surface area contributed by atoms with Crippen molar-refractivity contribution in [3.05, 3.63) is 49.6 Å². The molecule has 2 rings (SSSR count). The van der Waals surface area contributed by atoms with Gasteiger partial charge in [-0.2, -0.15) is 5.26 Å². The number of ether oxygens (including phenoxy) is 1. The summed E-state index contributed by atoms with van der Waals surface area (Å²) in [7, 11) is 1.52. The fourth-order valence-electron chi connectivity index (χ4n) is 3.10. The van der Waals surface area contributed by atoms with Crippen LogP contribution in [0.15, 0.2) is 27.8 Å². The molecule has 0 aliphatic heterocycles. The summed E-state index contributed by atoms with van der Waals surface area (Å²) in [5, 5.41) is 11.9. The molecule has 0 aliphatic rings. The number of nitrogen functional groups attached to an aromatic ring is 1. The van der Waals surface area contributed by atoms with Crippen LogP contribution in [0.2, 0.25) is 5.02 Å². The fourth-order valence-corrected chi connectivity index (χ4v) is 3.32. The minimum Gasteiger partial charge on any atom is -0.383 e. The molecule has 0 unspecified atom stereocenters. The van der Waals surface area contributed by atoms with Gasteiger partial charge in [-0.3, -0.25) is 19.1 Å². The van der Waals surface area contributed by atoms with Gasteiger partial charge in [0.25, 0.3) is 5.56 Å². The van der Waals surface area contributed by atoms with E-state index >= 15 is 0 Å². The van der Waals surface area contributed by atoms with Gasteiger partial charge in [-0.25, -0.2) is 4.79 Å². The molecule has 0 spiro atoms. The number of rotatable bonds is 11. The minimum atomic E-state index is -0.615. The van der Waals surface area contributed by atoms with Crippen molar-refractivity contribution in [1.29, 1.82) is 5.26 Å². The second-order valence-electron chi connectivity index (χ2n) is 7.08. The Kier molecular flexibility index (Phi) is 9.31. The summed E-state index contributed by atoms with van der Waals surface area (Å²) in [6.07, 6.45) is 1.62. The number of methoxy groups -OCH3 is 1. The summed E-state index contributed by atoms with van der Waals surface area (Å²) in [5.74, 6) is -0.259. The van der Waals surface area contributed by atoms with Gasteiger partial charge in [0.15, 0.2) is 0 Å². The Labute approximate surface area is 190 Å². The Balaban J connectivity index is 2.21. The number of carbonyl (C=O) groups excluding carboxylic acids is 1. The van der Waals surface area contributed by atoms with Crippen LogP contribution in [-0.2, 0) is 16.1 Å². The lowest BCUT2D eigenvalue weighted by molar-refractivity contribution is -0.116. The molecule has 0 saturated heterocycles. The molecule has 0 aliphatic carbocycles. The Morgan fingerprint density at radius 2 is 2.12 bits per heavy atom. The fraction of sp³-hybridized carbons (Fsp3) is 0.429. The van der Waals surface area contributed by atoms with Crippen LogP contribution in [0, 0.1) is 11.3 Å². The Hall–Kier alpha value is -3.29. The van der Waals surface area contributed by atoms with E-state index in [1.165, 1.54) is 23.8 Å². The SMILES string of the molecule is CCCCn1c(N)c(N(CCOC)CCC(=O)Nc2ccc(C#N)c(Cl)c2)c(=O)[nH]c1=O. The lowest BCUT2D eigenvalue weighted by Crippen LogP contribution is -2.40. The number of halogens is 1. The zero-order valence-electron chi connectivity index (χ0n) is 18.1. The number of anilines is 3. The van der Waals surface area contributed by atoms with Crippen LogP contribution in [-0.4, -0.2) is 42.3 Å². The van der Waals surface area contributed by atoms with E-state index in [0.717, 1.165) is 12.8 Å². The molecule has 0 fully saturated rings. The lowest BCUT2D eigenvalue weighted by atomic mass is 10.2. The number of nitrogens with zero attached hydrogens (tertiary/aromatic N) is 3. The quantitative estimate of drug-likeness (QED) is 0.462. The van der Waals surface area contributed by atoms with Gasteiger partial charge in [0.2, 0.25) is 5.91 Å². The molecule has 1 heterocycles. The molecule has 32 heavy (non-hydrogen) atoms. The van der Waals surface area contributed by atoms with Crippen molar-refractivity contribution in [2.75, 3.05) is 42.8 Å². The Morgan fingerprint density at radius 1 is 1.38 bits per heavy atom. The first-order valence-electron chi connectivity index (χ1n) is 10.2. The number of hydrogen-bond acceptors (Lipinski definition) is 7. The minimum absolute atomic E-state index is 0.0360. The Bertz CT molecular complexity index is 1100. The molecule has 172 valence electrons. The molecule has 0 bridgehead atoms.